The van der Waals surface area contributed by atoms with E-state index in [1.165, 1.54) is 0 Å². The summed E-state index contributed by atoms with van der Waals surface area (Å²) in [6.45, 7) is 9.57. The Morgan fingerprint density at radius 3 is 2.15 bits per heavy atom. The summed E-state index contributed by atoms with van der Waals surface area (Å²) in [7, 11) is -2.75. The lowest BCUT2D eigenvalue weighted by molar-refractivity contribution is -0.133. The molecule has 4 nitrogen and oxygen atoms in total. The van der Waals surface area contributed by atoms with Gasteiger partial charge in [0, 0.05) is 25.8 Å². The monoisotopic (exact) mass is 204 g/mol. The number of hydrogen-bond acceptors (Lipinski definition) is 4. The van der Waals surface area contributed by atoms with E-state index in [1.807, 2.05) is 13.8 Å². The highest BCUT2D eigenvalue weighted by molar-refractivity contribution is 6.61. The fourth-order valence-corrected chi connectivity index (χ4v) is 2.55. The Bertz CT molecular complexity index is 175. The van der Waals surface area contributed by atoms with Gasteiger partial charge in [0.15, 0.2) is 0 Å². The molecule has 0 aromatic heterocycles. The summed E-state index contributed by atoms with van der Waals surface area (Å²) in [6.07, 6.45) is 1.10. The van der Waals surface area contributed by atoms with Crippen LogP contribution < -0.4 is 0 Å². The second kappa shape index (κ2) is 5.90. The maximum atomic E-state index is 10.9. The normalized spacial score (nSPS) is 11.0. The molecule has 0 heterocycles. The van der Waals surface area contributed by atoms with E-state index in [4.69, 9.17) is 13.3 Å². The van der Waals surface area contributed by atoms with Crippen LogP contribution in [0.4, 0.5) is 0 Å². The topological polar surface area (TPSA) is 44.8 Å². The SMILES string of the molecule is C=CC(=O)O[Si](C)(OCC)OCC. The first kappa shape index (κ1) is 12.3. The molecule has 0 N–H and O–H groups in total. The lowest BCUT2D eigenvalue weighted by Crippen LogP contribution is -2.44. The molecule has 0 radical (unpaired) electrons. The van der Waals surface area contributed by atoms with Crippen molar-refractivity contribution in [3.05, 3.63) is 12.7 Å². The van der Waals surface area contributed by atoms with Crippen molar-refractivity contribution < 1.29 is 18.1 Å². The third kappa shape index (κ3) is 4.82. The lowest BCUT2D eigenvalue weighted by atomic mass is 10.7. The summed E-state index contributed by atoms with van der Waals surface area (Å²) in [6, 6.07) is 0. The van der Waals surface area contributed by atoms with Crippen LogP contribution in [0.1, 0.15) is 13.8 Å². The van der Waals surface area contributed by atoms with Crippen LogP contribution in [0.15, 0.2) is 12.7 Å². The van der Waals surface area contributed by atoms with Crippen molar-refractivity contribution in [1.29, 1.82) is 0 Å². The molecule has 0 unspecified atom stereocenters. The first-order valence-electron chi connectivity index (χ1n) is 4.21. The van der Waals surface area contributed by atoms with Crippen LogP contribution in [-0.2, 0) is 18.1 Å². The maximum absolute atomic E-state index is 10.9. The molecule has 0 atom stereocenters. The molecule has 13 heavy (non-hydrogen) atoms. The second-order valence-corrected chi connectivity index (χ2v) is 4.86. The van der Waals surface area contributed by atoms with Crippen LogP contribution >= 0.6 is 0 Å². The number of rotatable bonds is 6. The highest BCUT2D eigenvalue weighted by atomic mass is 28.4. The van der Waals surface area contributed by atoms with Crippen LogP contribution in [0, 0.1) is 0 Å². The maximum Gasteiger partial charge on any atom is 0.564 e. The van der Waals surface area contributed by atoms with Gasteiger partial charge in [0.2, 0.25) is 0 Å². The number of carbonyl (C=O) groups is 1. The van der Waals surface area contributed by atoms with Gasteiger partial charge in [-0.25, -0.2) is 4.79 Å². The van der Waals surface area contributed by atoms with Crippen LogP contribution in [0.3, 0.4) is 0 Å². The van der Waals surface area contributed by atoms with Crippen molar-refractivity contribution in [1.82, 2.24) is 0 Å². The quantitative estimate of drug-likeness (QED) is 0.484. The Hall–Kier alpha value is -0.653. The molecule has 0 aliphatic heterocycles. The van der Waals surface area contributed by atoms with E-state index in [9.17, 15) is 4.79 Å². The molecule has 0 amide bonds. The molecule has 0 aromatic carbocycles. The van der Waals surface area contributed by atoms with Crippen molar-refractivity contribution in [3.63, 3.8) is 0 Å². The average Bonchev–Trinajstić information content (AvgIpc) is 2.04. The molecule has 5 heteroatoms. The van der Waals surface area contributed by atoms with Gasteiger partial charge >= 0.3 is 14.8 Å². The van der Waals surface area contributed by atoms with E-state index >= 15 is 0 Å². The van der Waals surface area contributed by atoms with Crippen LogP contribution in [-0.4, -0.2) is 28.0 Å². The molecule has 0 aliphatic carbocycles. The zero-order valence-electron chi connectivity index (χ0n) is 8.33. The highest BCUT2D eigenvalue weighted by Crippen LogP contribution is 2.09. The first-order chi connectivity index (χ1) is 6.08. The lowest BCUT2D eigenvalue weighted by Gasteiger charge is -2.23. The molecule has 0 saturated heterocycles. The van der Waals surface area contributed by atoms with Crippen LogP contribution in [0.2, 0.25) is 6.55 Å². The Kier molecular flexibility index (Phi) is 5.61. The van der Waals surface area contributed by atoms with E-state index < -0.39 is 14.8 Å². The summed E-state index contributed by atoms with van der Waals surface area (Å²) >= 11 is 0. The van der Waals surface area contributed by atoms with Gasteiger partial charge in [-0.15, -0.1) is 0 Å². The Morgan fingerprint density at radius 1 is 1.38 bits per heavy atom. The zero-order chi connectivity index (χ0) is 10.3. The van der Waals surface area contributed by atoms with Gasteiger partial charge in [-0.3, -0.25) is 0 Å². The van der Waals surface area contributed by atoms with Crippen LogP contribution in [0.5, 0.6) is 0 Å². The van der Waals surface area contributed by atoms with Gasteiger partial charge in [0.05, 0.1) is 0 Å². The van der Waals surface area contributed by atoms with Gasteiger partial charge < -0.3 is 13.3 Å². The van der Waals surface area contributed by atoms with E-state index in [0.717, 1.165) is 6.08 Å². The molecule has 76 valence electrons. The minimum Gasteiger partial charge on any atom is -0.470 e. The zero-order valence-corrected chi connectivity index (χ0v) is 9.33. The summed E-state index contributed by atoms with van der Waals surface area (Å²) in [5.74, 6) is -0.504. The third-order valence-corrected chi connectivity index (χ3v) is 3.46. The number of hydrogen-bond donors (Lipinski definition) is 0. The van der Waals surface area contributed by atoms with Gasteiger partial charge in [-0.05, 0) is 13.8 Å². The molecule has 0 fully saturated rings. The van der Waals surface area contributed by atoms with Gasteiger partial charge in [0.25, 0.3) is 0 Å². The molecule has 0 rings (SSSR count). The standard InChI is InChI=1S/C8H16O4Si/c1-5-8(9)12-13(4,10-6-2)11-7-3/h5H,1,6-7H2,2-4H3. The van der Waals surface area contributed by atoms with E-state index in [0.29, 0.717) is 13.2 Å². The summed E-state index contributed by atoms with van der Waals surface area (Å²) < 4.78 is 15.5. The van der Waals surface area contributed by atoms with E-state index in [-0.39, 0.29) is 0 Å². The fourth-order valence-electron chi connectivity index (χ4n) is 0.849. The van der Waals surface area contributed by atoms with Gasteiger partial charge in [-0.1, -0.05) is 6.58 Å². The Labute approximate surface area is 79.9 Å². The van der Waals surface area contributed by atoms with E-state index in [2.05, 4.69) is 6.58 Å². The molecule has 0 spiro atoms. The smallest absolute Gasteiger partial charge is 0.470 e. The van der Waals surface area contributed by atoms with Crippen LogP contribution in [0.25, 0.3) is 0 Å². The largest absolute Gasteiger partial charge is 0.564 e. The minimum absolute atomic E-state index is 0.465. The Balaban J connectivity index is 4.21. The highest BCUT2D eigenvalue weighted by Gasteiger charge is 2.37. The molecule has 0 aliphatic rings. The minimum atomic E-state index is -2.75. The second-order valence-electron chi connectivity index (χ2n) is 2.35. The summed E-state index contributed by atoms with van der Waals surface area (Å²) in [4.78, 5) is 10.9. The van der Waals surface area contributed by atoms with Gasteiger partial charge in [0.1, 0.15) is 0 Å². The van der Waals surface area contributed by atoms with Crippen molar-refractivity contribution in [3.8, 4) is 0 Å². The molecule has 0 aromatic rings. The molecular weight excluding hydrogens is 188 g/mol. The third-order valence-electron chi connectivity index (χ3n) is 1.27. The van der Waals surface area contributed by atoms with Crippen molar-refractivity contribution in [2.45, 2.75) is 20.4 Å². The number of carbonyl (C=O) groups excluding carboxylic acids is 1. The molecule has 0 saturated carbocycles. The molecular formula is C8H16O4Si. The van der Waals surface area contributed by atoms with Crippen molar-refractivity contribution in [2.75, 3.05) is 13.2 Å². The summed E-state index contributed by atoms with van der Waals surface area (Å²) in [5.41, 5.74) is 0. The first-order valence-corrected chi connectivity index (χ1v) is 6.43. The average molecular weight is 204 g/mol. The molecule has 0 bridgehead atoms. The predicted molar refractivity (Wildman–Crippen MR) is 51.2 cm³/mol. The van der Waals surface area contributed by atoms with Crippen molar-refractivity contribution >= 4 is 14.8 Å². The fraction of sp³-hybridized carbons (Fsp3) is 0.625. The predicted octanol–water partition coefficient (Wildman–Crippen LogP) is 1.36. The Morgan fingerprint density at radius 2 is 1.85 bits per heavy atom. The van der Waals surface area contributed by atoms with E-state index in [1.54, 1.807) is 6.55 Å². The van der Waals surface area contributed by atoms with Crippen molar-refractivity contribution in [2.24, 2.45) is 0 Å². The summed E-state index contributed by atoms with van der Waals surface area (Å²) in [5, 5.41) is 0. The van der Waals surface area contributed by atoms with Gasteiger partial charge in [-0.2, -0.15) is 0 Å².